The Kier molecular flexibility index (Phi) is 5.15. The molecule has 1 aliphatic rings. The van der Waals surface area contributed by atoms with Crippen LogP contribution in [0.25, 0.3) is 0 Å². The fraction of sp³-hybridized carbons (Fsp3) is 0.562. The molecule has 0 saturated carbocycles. The summed E-state index contributed by atoms with van der Waals surface area (Å²) in [5.41, 5.74) is 1.22. The molecule has 2 unspecified atom stereocenters. The molecular formula is C16H24N2O2. The Morgan fingerprint density at radius 2 is 1.80 bits per heavy atom. The summed E-state index contributed by atoms with van der Waals surface area (Å²) in [6, 6.07) is 9.79. The summed E-state index contributed by atoms with van der Waals surface area (Å²) in [5, 5.41) is 9.53. The van der Waals surface area contributed by atoms with Crippen molar-refractivity contribution in [1.82, 2.24) is 9.80 Å². The van der Waals surface area contributed by atoms with Gasteiger partial charge in [-0.15, -0.1) is 0 Å². The number of carboxylic acid groups (broad SMARTS) is 1. The zero-order chi connectivity index (χ0) is 14.5. The molecule has 4 nitrogen and oxygen atoms in total. The van der Waals surface area contributed by atoms with Crippen LogP contribution < -0.4 is 0 Å². The van der Waals surface area contributed by atoms with Gasteiger partial charge in [-0.05, 0) is 24.9 Å². The summed E-state index contributed by atoms with van der Waals surface area (Å²) in [4.78, 5) is 16.0. The molecule has 1 fully saturated rings. The van der Waals surface area contributed by atoms with Crippen LogP contribution in [-0.2, 0) is 4.79 Å². The lowest BCUT2D eigenvalue weighted by Gasteiger charge is -2.37. The molecule has 0 radical (unpaired) electrons. The van der Waals surface area contributed by atoms with E-state index in [-0.39, 0.29) is 12.0 Å². The van der Waals surface area contributed by atoms with Crippen molar-refractivity contribution in [3.8, 4) is 0 Å². The van der Waals surface area contributed by atoms with E-state index in [4.69, 9.17) is 0 Å². The summed E-state index contributed by atoms with van der Waals surface area (Å²) in [5.74, 6) is -0.436. The molecule has 0 bridgehead atoms. The van der Waals surface area contributed by atoms with Gasteiger partial charge in [-0.25, -0.2) is 0 Å². The molecule has 1 N–H and O–H groups in total. The highest BCUT2D eigenvalue weighted by molar-refractivity contribution is 5.73. The smallest absolute Gasteiger partial charge is 0.320 e. The van der Waals surface area contributed by atoms with Crippen molar-refractivity contribution in [2.45, 2.75) is 25.3 Å². The Hall–Kier alpha value is -1.39. The van der Waals surface area contributed by atoms with Crippen LogP contribution in [-0.4, -0.2) is 60.1 Å². The number of nitrogens with zero attached hydrogens (tertiary/aromatic N) is 2. The summed E-state index contributed by atoms with van der Waals surface area (Å²) in [6.45, 7) is 5.69. The number of aliphatic carboxylic acids is 1. The molecule has 20 heavy (non-hydrogen) atoms. The maximum atomic E-state index is 11.6. The van der Waals surface area contributed by atoms with Crippen molar-refractivity contribution in [2.24, 2.45) is 0 Å². The monoisotopic (exact) mass is 276 g/mol. The van der Waals surface area contributed by atoms with E-state index in [1.807, 2.05) is 18.2 Å². The molecule has 2 rings (SSSR count). The van der Waals surface area contributed by atoms with Gasteiger partial charge in [-0.1, -0.05) is 37.3 Å². The number of carboxylic acids is 1. The van der Waals surface area contributed by atoms with Gasteiger partial charge in [-0.3, -0.25) is 9.69 Å². The van der Waals surface area contributed by atoms with Crippen molar-refractivity contribution in [2.75, 3.05) is 33.2 Å². The predicted molar refractivity (Wildman–Crippen MR) is 80.0 cm³/mol. The Balaban J connectivity index is 2.01. The first-order chi connectivity index (χ1) is 9.58. The van der Waals surface area contributed by atoms with Crippen LogP contribution in [0.15, 0.2) is 30.3 Å². The number of piperazine rings is 1. The van der Waals surface area contributed by atoms with Gasteiger partial charge in [0, 0.05) is 26.2 Å². The third-order valence-corrected chi connectivity index (χ3v) is 4.21. The average Bonchev–Trinajstić information content (AvgIpc) is 2.46. The third-order valence-electron chi connectivity index (χ3n) is 4.21. The molecule has 1 heterocycles. The number of benzene rings is 1. The average molecular weight is 276 g/mol. The maximum absolute atomic E-state index is 11.6. The fourth-order valence-electron chi connectivity index (χ4n) is 2.79. The number of carbonyl (C=O) groups is 1. The molecule has 0 spiro atoms. The largest absolute Gasteiger partial charge is 0.480 e. The minimum absolute atomic E-state index is 0.261. The van der Waals surface area contributed by atoms with Gasteiger partial charge in [-0.2, -0.15) is 0 Å². The lowest BCUT2D eigenvalue weighted by atomic mass is 9.93. The summed E-state index contributed by atoms with van der Waals surface area (Å²) < 4.78 is 0. The van der Waals surface area contributed by atoms with E-state index >= 15 is 0 Å². The van der Waals surface area contributed by atoms with Gasteiger partial charge < -0.3 is 10.0 Å². The summed E-state index contributed by atoms with van der Waals surface area (Å²) in [7, 11) is 2.08. The summed E-state index contributed by atoms with van der Waals surface area (Å²) >= 11 is 0. The third kappa shape index (κ3) is 3.81. The molecule has 110 valence electrons. The van der Waals surface area contributed by atoms with Crippen LogP contribution in [0.4, 0.5) is 0 Å². The second-order valence-corrected chi connectivity index (χ2v) is 5.74. The van der Waals surface area contributed by atoms with Crippen LogP contribution in [0.2, 0.25) is 0 Å². The molecule has 1 aliphatic heterocycles. The highest BCUT2D eigenvalue weighted by Crippen LogP contribution is 2.23. The molecule has 4 heteroatoms. The van der Waals surface area contributed by atoms with Gasteiger partial charge >= 0.3 is 5.97 Å². The topological polar surface area (TPSA) is 43.8 Å². The molecule has 1 aromatic carbocycles. The second-order valence-electron chi connectivity index (χ2n) is 5.74. The number of hydrogen-bond acceptors (Lipinski definition) is 3. The van der Waals surface area contributed by atoms with Crippen molar-refractivity contribution < 1.29 is 9.90 Å². The van der Waals surface area contributed by atoms with E-state index in [1.165, 1.54) is 5.56 Å². The van der Waals surface area contributed by atoms with Gasteiger partial charge in [0.15, 0.2) is 0 Å². The quantitative estimate of drug-likeness (QED) is 0.892. The first-order valence-electron chi connectivity index (χ1n) is 7.28. The standard InChI is InChI=1S/C16H24N2O2/c1-13(14-6-4-3-5-7-14)12-15(16(19)20)18-10-8-17(2)9-11-18/h3-7,13,15H,8-12H2,1-2H3,(H,19,20). The van der Waals surface area contributed by atoms with Crippen LogP contribution in [0.3, 0.4) is 0 Å². The lowest BCUT2D eigenvalue weighted by molar-refractivity contribution is -0.144. The van der Waals surface area contributed by atoms with Crippen molar-refractivity contribution in [3.63, 3.8) is 0 Å². The molecule has 0 aliphatic carbocycles. The van der Waals surface area contributed by atoms with E-state index < -0.39 is 5.97 Å². The number of likely N-dealkylation sites (N-methyl/N-ethyl adjacent to an activating group) is 1. The SMILES string of the molecule is CC(CC(C(=O)O)N1CCN(C)CC1)c1ccccc1. The van der Waals surface area contributed by atoms with Gasteiger partial charge in [0.2, 0.25) is 0 Å². The van der Waals surface area contributed by atoms with Gasteiger partial charge in [0.05, 0.1) is 0 Å². The van der Waals surface area contributed by atoms with Crippen LogP contribution in [0.5, 0.6) is 0 Å². The summed E-state index contributed by atoms with van der Waals surface area (Å²) in [6.07, 6.45) is 0.670. The molecule has 0 amide bonds. The predicted octanol–water partition coefficient (Wildman–Crippen LogP) is 1.88. The van der Waals surface area contributed by atoms with E-state index in [2.05, 4.69) is 35.9 Å². The number of rotatable bonds is 5. The molecule has 1 saturated heterocycles. The minimum atomic E-state index is -0.697. The van der Waals surface area contributed by atoms with Gasteiger partial charge in [0.25, 0.3) is 0 Å². The van der Waals surface area contributed by atoms with Crippen LogP contribution in [0.1, 0.15) is 24.8 Å². The Morgan fingerprint density at radius 1 is 1.20 bits per heavy atom. The highest BCUT2D eigenvalue weighted by atomic mass is 16.4. The van der Waals surface area contributed by atoms with Crippen LogP contribution in [0, 0.1) is 0 Å². The van der Waals surface area contributed by atoms with Crippen LogP contribution >= 0.6 is 0 Å². The fourth-order valence-corrected chi connectivity index (χ4v) is 2.79. The van der Waals surface area contributed by atoms with Crippen molar-refractivity contribution in [3.05, 3.63) is 35.9 Å². The molecule has 1 aromatic rings. The first-order valence-corrected chi connectivity index (χ1v) is 7.28. The van der Waals surface area contributed by atoms with Crippen molar-refractivity contribution in [1.29, 1.82) is 0 Å². The van der Waals surface area contributed by atoms with E-state index in [0.29, 0.717) is 6.42 Å². The zero-order valence-corrected chi connectivity index (χ0v) is 12.3. The van der Waals surface area contributed by atoms with E-state index in [0.717, 1.165) is 26.2 Å². The first kappa shape index (κ1) is 15.0. The molecular weight excluding hydrogens is 252 g/mol. The zero-order valence-electron chi connectivity index (χ0n) is 12.3. The Labute approximate surface area is 121 Å². The molecule has 2 atom stereocenters. The second kappa shape index (κ2) is 6.86. The Bertz CT molecular complexity index is 427. The Morgan fingerprint density at radius 3 is 2.35 bits per heavy atom. The normalized spacial score (nSPS) is 20.5. The van der Waals surface area contributed by atoms with Crippen molar-refractivity contribution >= 4 is 5.97 Å². The molecule has 0 aromatic heterocycles. The highest BCUT2D eigenvalue weighted by Gasteiger charge is 2.29. The van der Waals surface area contributed by atoms with E-state index in [1.54, 1.807) is 0 Å². The maximum Gasteiger partial charge on any atom is 0.320 e. The lowest BCUT2D eigenvalue weighted by Crippen LogP contribution is -2.52. The van der Waals surface area contributed by atoms with Gasteiger partial charge in [0.1, 0.15) is 6.04 Å². The number of hydrogen-bond donors (Lipinski definition) is 1. The minimum Gasteiger partial charge on any atom is -0.480 e. The van der Waals surface area contributed by atoms with E-state index in [9.17, 15) is 9.90 Å².